The lowest BCUT2D eigenvalue weighted by molar-refractivity contribution is -0.124. The molecule has 2 aliphatic heterocycles. The van der Waals surface area contributed by atoms with Crippen molar-refractivity contribution in [3.8, 4) is 0 Å². The summed E-state index contributed by atoms with van der Waals surface area (Å²) >= 11 is 0. The van der Waals surface area contributed by atoms with Crippen LogP contribution in [0.25, 0.3) is 0 Å². The highest BCUT2D eigenvalue weighted by Gasteiger charge is 2.49. The van der Waals surface area contributed by atoms with Crippen LogP contribution in [0, 0.1) is 19.7 Å². The van der Waals surface area contributed by atoms with E-state index in [1.807, 2.05) is 12.1 Å². The zero-order valence-electron chi connectivity index (χ0n) is 11.9. The van der Waals surface area contributed by atoms with Crippen molar-refractivity contribution >= 4 is 11.6 Å². The van der Waals surface area contributed by atoms with Crippen LogP contribution in [-0.2, 0) is 4.79 Å². The Morgan fingerprint density at radius 2 is 1.80 bits per heavy atom. The second-order valence-electron chi connectivity index (χ2n) is 5.77. The van der Waals surface area contributed by atoms with Crippen molar-refractivity contribution in [2.75, 3.05) is 24.7 Å². The highest BCUT2D eigenvalue weighted by Crippen LogP contribution is 2.35. The number of rotatable bonds is 1. The number of halogens is 1. The zero-order valence-corrected chi connectivity index (χ0v) is 11.9. The van der Waals surface area contributed by atoms with Crippen LogP contribution in [0.1, 0.15) is 24.0 Å². The first-order valence-corrected chi connectivity index (χ1v) is 7.08. The first-order valence-electron chi connectivity index (χ1n) is 7.08. The van der Waals surface area contributed by atoms with Gasteiger partial charge in [-0.1, -0.05) is 0 Å². The number of hydrogen-bond donors (Lipinski definition) is 2. The van der Waals surface area contributed by atoms with Crippen LogP contribution in [0.5, 0.6) is 0 Å². The average Bonchev–Trinajstić information content (AvgIpc) is 2.74. The molecule has 3 rings (SSSR count). The SMILES string of the molecule is Cc1cc(N2CNC(=O)C23CCNCC3)cc(C)c1F. The van der Waals surface area contributed by atoms with Gasteiger partial charge in [0.15, 0.2) is 0 Å². The van der Waals surface area contributed by atoms with Crippen molar-refractivity contribution < 1.29 is 9.18 Å². The van der Waals surface area contributed by atoms with Gasteiger partial charge in [-0.05, 0) is 63.0 Å². The van der Waals surface area contributed by atoms with Crippen LogP contribution >= 0.6 is 0 Å². The number of carbonyl (C=O) groups is 1. The van der Waals surface area contributed by atoms with Gasteiger partial charge in [0.2, 0.25) is 5.91 Å². The standard InChI is InChI=1S/C15H20FN3O/c1-10-7-12(8-11(2)13(10)16)19-9-18-14(20)15(19)3-5-17-6-4-15/h7-8,17H,3-6,9H2,1-2H3,(H,18,20). The van der Waals surface area contributed by atoms with E-state index in [1.165, 1.54) is 0 Å². The molecule has 2 aliphatic rings. The van der Waals surface area contributed by atoms with E-state index in [4.69, 9.17) is 0 Å². The molecule has 108 valence electrons. The number of nitrogens with one attached hydrogen (secondary N) is 2. The first-order chi connectivity index (χ1) is 9.54. The molecule has 0 bridgehead atoms. The Bertz CT molecular complexity index is 529. The Morgan fingerprint density at radius 3 is 2.40 bits per heavy atom. The van der Waals surface area contributed by atoms with Crippen LogP contribution < -0.4 is 15.5 Å². The molecule has 20 heavy (non-hydrogen) atoms. The molecule has 1 aromatic rings. The van der Waals surface area contributed by atoms with E-state index < -0.39 is 5.54 Å². The quantitative estimate of drug-likeness (QED) is 0.817. The molecule has 1 spiro atoms. The molecule has 5 heteroatoms. The predicted molar refractivity (Wildman–Crippen MR) is 76.2 cm³/mol. The summed E-state index contributed by atoms with van der Waals surface area (Å²) in [6.45, 7) is 5.72. The molecular formula is C15H20FN3O. The van der Waals surface area contributed by atoms with Gasteiger partial charge in [-0.25, -0.2) is 4.39 Å². The van der Waals surface area contributed by atoms with Crippen molar-refractivity contribution in [3.05, 3.63) is 29.1 Å². The number of aryl methyl sites for hydroxylation is 2. The fraction of sp³-hybridized carbons (Fsp3) is 0.533. The monoisotopic (exact) mass is 277 g/mol. The summed E-state index contributed by atoms with van der Waals surface area (Å²) in [5.41, 5.74) is 1.72. The molecule has 2 heterocycles. The number of hydrogen-bond acceptors (Lipinski definition) is 3. The second kappa shape index (κ2) is 4.74. The van der Waals surface area contributed by atoms with E-state index in [-0.39, 0.29) is 11.7 Å². The van der Waals surface area contributed by atoms with Gasteiger partial charge in [-0.2, -0.15) is 0 Å². The van der Waals surface area contributed by atoms with Gasteiger partial charge in [0.05, 0.1) is 6.67 Å². The molecular weight excluding hydrogens is 257 g/mol. The van der Waals surface area contributed by atoms with Gasteiger partial charge in [0.1, 0.15) is 11.4 Å². The van der Waals surface area contributed by atoms with Crippen molar-refractivity contribution in [2.24, 2.45) is 0 Å². The van der Waals surface area contributed by atoms with Crippen LogP contribution in [0.3, 0.4) is 0 Å². The van der Waals surface area contributed by atoms with E-state index in [9.17, 15) is 9.18 Å². The Labute approximate surface area is 118 Å². The predicted octanol–water partition coefficient (Wildman–Crippen LogP) is 1.46. The maximum Gasteiger partial charge on any atom is 0.247 e. The van der Waals surface area contributed by atoms with Crippen LogP contribution in [0.2, 0.25) is 0 Å². The normalized spacial score (nSPS) is 21.4. The number of nitrogens with zero attached hydrogens (tertiary/aromatic N) is 1. The summed E-state index contributed by atoms with van der Waals surface area (Å²) in [4.78, 5) is 14.4. The lowest BCUT2D eigenvalue weighted by Crippen LogP contribution is -2.55. The third-order valence-corrected chi connectivity index (χ3v) is 4.50. The minimum atomic E-state index is -0.470. The van der Waals surface area contributed by atoms with Crippen molar-refractivity contribution in [3.63, 3.8) is 0 Å². The number of anilines is 1. The molecule has 2 saturated heterocycles. The highest BCUT2D eigenvalue weighted by molar-refractivity contribution is 5.93. The van der Waals surface area contributed by atoms with Gasteiger partial charge in [-0.15, -0.1) is 0 Å². The fourth-order valence-electron chi connectivity index (χ4n) is 3.34. The van der Waals surface area contributed by atoms with Gasteiger partial charge < -0.3 is 15.5 Å². The molecule has 0 aromatic heterocycles. The zero-order chi connectivity index (χ0) is 14.3. The van der Waals surface area contributed by atoms with E-state index in [2.05, 4.69) is 15.5 Å². The molecule has 0 radical (unpaired) electrons. The average molecular weight is 277 g/mol. The molecule has 2 N–H and O–H groups in total. The maximum atomic E-state index is 13.8. The van der Waals surface area contributed by atoms with Gasteiger partial charge >= 0.3 is 0 Å². The third-order valence-electron chi connectivity index (χ3n) is 4.50. The smallest absolute Gasteiger partial charge is 0.247 e. The number of carbonyl (C=O) groups excluding carboxylic acids is 1. The summed E-state index contributed by atoms with van der Waals surface area (Å²) in [6.07, 6.45) is 1.57. The summed E-state index contributed by atoms with van der Waals surface area (Å²) in [7, 11) is 0. The first kappa shape index (κ1) is 13.4. The lowest BCUT2D eigenvalue weighted by Gasteiger charge is -2.40. The molecule has 4 nitrogen and oxygen atoms in total. The molecule has 0 atom stereocenters. The van der Waals surface area contributed by atoms with Crippen LogP contribution in [0.4, 0.5) is 10.1 Å². The van der Waals surface area contributed by atoms with Crippen molar-refractivity contribution in [2.45, 2.75) is 32.2 Å². The second-order valence-corrected chi connectivity index (χ2v) is 5.77. The Balaban J connectivity index is 2.02. The Morgan fingerprint density at radius 1 is 1.20 bits per heavy atom. The summed E-state index contributed by atoms with van der Waals surface area (Å²) in [6, 6.07) is 3.68. The van der Waals surface area contributed by atoms with Gasteiger partial charge in [-0.3, -0.25) is 4.79 Å². The minimum absolute atomic E-state index is 0.0960. The van der Waals surface area contributed by atoms with Gasteiger partial charge in [0, 0.05) is 5.69 Å². The molecule has 0 saturated carbocycles. The molecule has 0 unspecified atom stereocenters. The topological polar surface area (TPSA) is 44.4 Å². The third kappa shape index (κ3) is 1.88. The maximum absolute atomic E-state index is 13.8. The largest absolute Gasteiger partial charge is 0.339 e. The molecule has 2 fully saturated rings. The summed E-state index contributed by atoms with van der Waals surface area (Å²) < 4.78 is 13.8. The number of piperidine rings is 1. The Hall–Kier alpha value is -1.62. The van der Waals surface area contributed by atoms with E-state index in [1.54, 1.807) is 13.8 Å². The van der Waals surface area contributed by atoms with Crippen molar-refractivity contribution in [1.82, 2.24) is 10.6 Å². The minimum Gasteiger partial charge on any atom is -0.339 e. The number of benzene rings is 1. The highest BCUT2D eigenvalue weighted by atomic mass is 19.1. The lowest BCUT2D eigenvalue weighted by atomic mass is 9.86. The number of amides is 1. The van der Waals surface area contributed by atoms with Crippen LogP contribution in [-0.4, -0.2) is 31.2 Å². The Kier molecular flexibility index (Phi) is 3.17. The molecule has 1 amide bonds. The van der Waals surface area contributed by atoms with E-state index >= 15 is 0 Å². The molecule has 0 aliphatic carbocycles. The summed E-state index contributed by atoms with van der Waals surface area (Å²) in [5.74, 6) is -0.0646. The summed E-state index contributed by atoms with van der Waals surface area (Å²) in [5, 5.41) is 6.24. The fourth-order valence-corrected chi connectivity index (χ4v) is 3.34. The van der Waals surface area contributed by atoms with Gasteiger partial charge in [0.25, 0.3) is 0 Å². The molecule has 1 aromatic carbocycles. The van der Waals surface area contributed by atoms with E-state index in [0.29, 0.717) is 17.8 Å². The van der Waals surface area contributed by atoms with E-state index in [0.717, 1.165) is 31.6 Å². The van der Waals surface area contributed by atoms with Crippen LogP contribution in [0.15, 0.2) is 12.1 Å². The van der Waals surface area contributed by atoms with Crippen molar-refractivity contribution in [1.29, 1.82) is 0 Å².